The highest BCUT2D eigenvalue weighted by atomic mass is 35.5. The average molecular weight is 403 g/mol. The fraction of sp³-hybridized carbons (Fsp3) is 0.286. The maximum atomic E-state index is 13.0. The van der Waals surface area contributed by atoms with Gasteiger partial charge in [-0.05, 0) is 41.5 Å². The molecule has 1 saturated heterocycles. The summed E-state index contributed by atoms with van der Waals surface area (Å²) in [5.74, 6) is 0.0194. The normalized spacial score (nSPS) is 15.9. The van der Waals surface area contributed by atoms with E-state index in [1.54, 1.807) is 0 Å². The van der Waals surface area contributed by atoms with E-state index in [0.29, 0.717) is 42.8 Å². The first-order valence-corrected chi connectivity index (χ1v) is 9.75. The molecule has 0 bridgehead atoms. The summed E-state index contributed by atoms with van der Waals surface area (Å²) in [5, 5.41) is 2.36. The number of H-pyrrole nitrogens is 1. The zero-order valence-corrected chi connectivity index (χ0v) is 16.3. The number of rotatable bonds is 4. The molecule has 2 aromatic carbocycles. The van der Waals surface area contributed by atoms with E-state index < -0.39 is 0 Å². The highest BCUT2D eigenvalue weighted by molar-refractivity contribution is 6.31. The van der Waals surface area contributed by atoms with E-state index in [0.717, 1.165) is 22.0 Å². The molecule has 0 unspecified atom stereocenters. The molecule has 1 atom stereocenters. The molecule has 1 aromatic heterocycles. The number of benzene rings is 2. The Bertz CT molecular complexity index is 964. The number of hydrogen-bond donors (Lipinski definition) is 1. The second kappa shape index (κ2) is 7.93. The molecule has 1 N–H and O–H groups in total. The minimum atomic E-state index is -0.105. The van der Waals surface area contributed by atoms with Crippen LogP contribution in [0.25, 0.3) is 10.9 Å². The number of hydrogen-bond acceptors (Lipinski definition) is 2. The van der Waals surface area contributed by atoms with E-state index in [1.807, 2.05) is 53.6 Å². The van der Waals surface area contributed by atoms with Crippen molar-refractivity contribution >= 4 is 40.0 Å². The summed E-state index contributed by atoms with van der Waals surface area (Å²) in [4.78, 5) is 18.1. The summed E-state index contributed by atoms with van der Waals surface area (Å²) in [7, 11) is 0. The lowest BCUT2D eigenvalue weighted by Crippen LogP contribution is -2.41. The molecule has 27 heavy (non-hydrogen) atoms. The van der Waals surface area contributed by atoms with Crippen LogP contribution in [0.3, 0.4) is 0 Å². The summed E-state index contributed by atoms with van der Waals surface area (Å²) in [5.41, 5.74) is 3.07. The molecule has 6 heteroatoms. The third-order valence-electron chi connectivity index (χ3n) is 5.04. The predicted octanol–water partition coefficient (Wildman–Crippen LogP) is 4.86. The van der Waals surface area contributed by atoms with Crippen molar-refractivity contribution < 1.29 is 9.53 Å². The van der Waals surface area contributed by atoms with Gasteiger partial charge in [-0.3, -0.25) is 4.79 Å². The molecule has 2 heterocycles. The molecule has 0 saturated carbocycles. The van der Waals surface area contributed by atoms with Gasteiger partial charge >= 0.3 is 0 Å². The van der Waals surface area contributed by atoms with Crippen LogP contribution in [0.1, 0.15) is 23.5 Å². The van der Waals surface area contributed by atoms with Crippen molar-refractivity contribution in [3.8, 4) is 0 Å². The fourth-order valence-electron chi connectivity index (χ4n) is 3.65. The van der Waals surface area contributed by atoms with E-state index in [-0.39, 0.29) is 11.8 Å². The summed E-state index contributed by atoms with van der Waals surface area (Å²) in [6, 6.07) is 13.5. The molecular weight excluding hydrogens is 383 g/mol. The standard InChI is InChI=1S/C21H20Cl2N2O2/c22-15-3-1-2-14(10-15)17(12-21(26)25-6-8-27-9-7-25)19-13-24-20-5-4-16(23)11-18(19)20/h1-5,10-11,13,17,24H,6-9,12H2/t17-/m1/s1. The molecule has 4 rings (SSSR count). The molecule has 1 aliphatic rings. The van der Waals surface area contributed by atoms with Gasteiger partial charge in [0.2, 0.25) is 5.91 Å². The van der Waals surface area contributed by atoms with Crippen LogP contribution in [0.5, 0.6) is 0 Å². The molecule has 1 fully saturated rings. The van der Waals surface area contributed by atoms with Gasteiger partial charge in [0.1, 0.15) is 0 Å². The Labute approximate surface area is 168 Å². The number of nitrogens with zero attached hydrogens (tertiary/aromatic N) is 1. The third kappa shape index (κ3) is 3.98. The van der Waals surface area contributed by atoms with Crippen molar-refractivity contribution in [1.29, 1.82) is 0 Å². The number of morpholine rings is 1. The van der Waals surface area contributed by atoms with Crippen molar-refractivity contribution in [2.75, 3.05) is 26.3 Å². The lowest BCUT2D eigenvalue weighted by atomic mass is 9.87. The highest BCUT2D eigenvalue weighted by Gasteiger charge is 2.25. The third-order valence-corrected chi connectivity index (χ3v) is 5.51. The van der Waals surface area contributed by atoms with E-state index in [4.69, 9.17) is 27.9 Å². The van der Waals surface area contributed by atoms with Crippen molar-refractivity contribution in [3.05, 3.63) is 69.8 Å². The van der Waals surface area contributed by atoms with Crippen LogP contribution in [-0.4, -0.2) is 42.1 Å². The predicted molar refractivity (Wildman–Crippen MR) is 109 cm³/mol. The van der Waals surface area contributed by atoms with Crippen molar-refractivity contribution in [3.63, 3.8) is 0 Å². The Morgan fingerprint density at radius 2 is 1.89 bits per heavy atom. The van der Waals surface area contributed by atoms with Gasteiger partial charge in [-0.1, -0.05) is 35.3 Å². The summed E-state index contributed by atoms with van der Waals surface area (Å²) in [6.45, 7) is 2.47. The number of fused-ring (bicyclic) bond motifs is 1. The first kappa shape index (κ1) is 18.4. The van der Waals surface area contributed by atoms with Crippen LogP contribution in [0.2, 0.25) is 10.0 Å². The quantitative estimate of drug-likeness (QED) is 0.677. The highest BCUT2D eigenvalue weighted by Crippen LogP contribution is 2.35. The van der Waals surface area contributed by atoms with Crippen molar-refractivity contribution in [2.24, 2.45) is 0 Å². The Hall–Kier alpha value is -2.01. The largest absolute Gasteiger partial charge is 0.378 e. The van der Waals surface area contributed by atoms with Crippen LogP contribution in [0.4, 0.5) is 0 Å². The van der Waals surface area contributed by atoms with E-state index >= 15 is 0 Å². The summed E-state index contributed by atoms with van der Waals surface area (Å²) < 4.78 is 5.37. The van der Waals surface area contributed by atoms with E-state index in [1.165, 1.54) is 0 Å². The topological polar surface area (TPSA) is 45.3 Å². The summed E-state index contributed by atoms with van der Waals surface area (Å²) in [6.07, 6.45) is 2.35. The van der Waals surface area contributed by atoms with Gasteiger partial charge in [-0.15, -0.1) is 0 Å². The number of aromatic nitrogens is 1. The zero-order valence-electron chi connectivity index (χ0n) is 14.8. The first-order chi connectivity index (χ1) is 13.1. The van der Waals surface area contributed by atoms with Crippen LogP contribution in [-0.2, 0) is 9.53 Å². The first-order valence-electron chi connectivity index (χ1n) is 8.99. The Balaban J connectivity index is 1.73. The zero-order chi connectivity index (χ0) is 18.8. The SMILES string of the molecule is O=C(C[C@H](c1cccc(Cl)c1)c1c[nH]c2ccc(Cl)cc12)N1CCOCC1. The number of aromatic amines is 1. The second-order valence-electron chi connectivity index (χ2n) is 6.74. The molecular formula is C21H20Cl2N2O2. The van der Waals surface area contributed by atoms with Crippen molar-refractivity contribution in [2.45, 2.75) is 12.3 Å². The van der Waals surface area contributed by atoms with Crippen LogP contribution in [0.15, 0.2) is 48.7 Å². The maximum Gasteiger partial charge on any atom is 0.223 e. The van der Waals surface area contributed by atoms with Gasteiger partial charge in [0, 0.05) is 52.6 Å². The molecule has 0 radical (unpaired) electrons. The maximum absolute atomic E-state index is 13.0. The smallest absolute Gasteiger partial charge is 0.223 e. The van der Waals surface area contributed by atoms with E-state index in [2.05, 4.69) is 4.98 Å². The van der Waals surface area contributed by atoms with Crippen molar-refractivity contribution in [1.82, 2.24) is 9.88 Å². The summed E-state index contributed by atoms with van der Waals surface area (Å²) >= 11 is 12.5. The average Bonchev–Trinajstić information content (AvgIpc) is 3.09. The van der Waals surface area contributed by atoms with Gasteiger partial charge < -0.3 is 14.6 Å². The fourth-order valence-corrected chi connectivity index (χ4v) is 4.02. The lowest BCUT2D eigenvalue weighted by molar-refractivity contribution is -0.135. The number of halogens is 2. The van der Waals surface area contributed by atoms with E-state index in [9.17, 15) is 4.79 Å². The van der Waals surface area contributed by atoms with Crippen LogP contribution in [0, 0.1) is 0 Å². The lowest BCUT2D eigenvalue weighted by Gasteiger charge is -2.28. The minimum absolute atomic E-state index is 0.105. The molecule has 1 amide bonds. The van der Waals surface area contributed by atoms with Gasteiger partial charge in [-0.25, -0.2) is 0 Å². The Morgan fingerprint density at radius 1 is 1.11 bits per heavy atom. The Kier molecular flexibility index (Phi) is 5.39. The number of carbonyl (C=O) groups is 1. The van der Waals surface area contributed by atoms with Gasteiger partial charge in [-0.2, -0.15) is 0 Å². The van der Waals surface area contributed by atoms with Crippen LogP contribution < -0.4 is 0 Å². The second-order valence-corrected chi connectivity index (χ2v) is 7.61. The molecule has 0 spiro atoms. The van der Waals surface area contributed by atoms with Crippen LogP contribution >= 0.6 is 23.2 Å². The Morgan fingerprint density at radius 3 is 2.67 bits per heavy atom. The molecule has 0 aliphatic carbocycles. The molecule has 1 aliphatic heterocycles. The number of nitrogens with one attached hydrogen (secondary N) is 1. The monoisotopic (exact) mass is 402 g/mol. The minimum Gasteiger partial charge on any atom is -0.378 e. The van der Waals surface area contributed by atoms with Gasteiger partial charge in [0.25, 0.3) is 0 Å². The van der Waals surface area contributed by atoms with Gasteiger partial charge in [0.05, 0.1) is 13.2 Å². The molecule has 4 nitrogen and oxygen atoms in total. The number of ether oxygens (including phenoxy) is 1. The molecule has 3 aromatic rings. The number of carbonyl (C=O) groups excluding carboxylic acids is 1. The molecule has 140 valence electrons. The number of amides is 1. The van der Waals surface area contributed by atoms with Gasteiger partial charge in [0.15, 0.2) is 0 Å².